The highest BCUT2D eigenvalue weighted by Gasteiger charge is 2.48. The van der Waals surface area contributed by atoms with Crippen molar-refractivity contribution in [2.24, 2.45) is 11.8 Å². The topological polar surface area (TPSA) is 58.2 Å². The van der Waals surface area contributed by atoms with Crippen molar-refractivity contribution in [2.45, 2.75) is 26.3 Å². The first-order chi connectivity index (χ1) is 8.97. The second kappa shape index (κ2) is 5.61. The van der Waals surface area contributed by atoms with E-state index in [0.29, 0.717) is 17.1 Å². The van der Waals surface area contributed by atoms with E-state index in [4.69, 9.17) is 11.6 Å². The molecule has 1 aromatic carbocycles. The van der Waals surface area contributed by atoms with E-state index in [9.17, 15) is 9.59 Å². The number of hydrogen-bond donors (Lipinski definition) is 2. The number of rotatable bonds is 4. The van der Waals surface area contributed by atoms with Gasteiger partial charge in [0.25, 0.3) is 0 Å². The maximum atomic E-state index is 12.0. The van der Waals surface area contributed by atoms with E-state index in [1.165, 1.54) is 0 Å². The number of nitrogens with one attached hydrogen (secondary N) is 2. The largest absolute Gasteiger partial charge is 0.354 e. The average Bonchev–Trinajstić information content (AvgIpc) is 3.07. The molecule has 2 atom stereocenters. The Morgan fingerprint density at radius 1 is 1.26 bits per heavy atom. The molecule has 19 heavy (non-hydrogen) atoms. The van der Waals surface area contributed by atoms with Gasteiger partial charge in [0.15, 0.2) is 0 Å². The highest BCUT2D eigenvalue weighted by molar-refractivity contribution is 6.30. The normalized spacial score (nSPS) is 21.1. The number of halogens is 1. The van der Waals surface area contributed by atoms with Gasteiger partial charge in [0.05, 0.1) is 11.8 Å². The van der Waals surface area contributed by atoms with Crippen LogP contribution in [0.3, 0.4) is 0 Å². The molecule has 0 saturated heterocycles. The smallest absolute Gasteiger partial charge is 0.228 e. The summed E-state index contributed by atoms with van der Waals surface area (Å²) >= 11 is 5.84. The van der Waals surface area contributed by atoms with Gasteiger partial charge in [-0.05, 0) is 38.5 Å². The van der Waals surface area contributed by atoms with Crippen molar-refractivity contribution in [1.29, 1.82) is 0 Å². The highest BCUT2D eigenvalue weighted by atomic mass is 35.5. The van der Waals surface area contributed by atoms with E-state index in [2.05, 4.69) is 10.6 Å². The van der Waals surface area contributed by atoms with Crippen LogP contribution in [-0.2, 0) is 9.59 Å². The van der Waals surface area contributed by atoms with Crippen molar-refractivity contribution >= 4 is 29.1 Å². The molecule has 1 saturated carbocycles. The Hall–Kier alpha value is -1.55. The maximum absolute atomic E-state index is 12.0. The predicted octanol–water partition coefficient (Wildman–Crippen LogP) is 2.44. The summed E-state index contributed by atoms with van der Waals surface area (Å²) in [5, 5.41) is 6.17. The molecule has 0 aromatic heterocycles. The summed E-state index contributed by atoms with van der Waals surface area (Å²) in [7, 11) is 0. The summed E-state index contributed by atoms with van der Waals surface area (Å²) in [5.74, 6) is -0.577. The van der Waals surface area contributed by atoms with Crippen LogP contribution in [0.2, 0.25) is 5.02 Å². The quantitative estimate of drug-likeness (QED) is 0.890. The maximum Gasteiger partial charge on any atom is 0.228 e. The van der Waals surface area contributed by atoms with Gasteiger partial charge in [-0.3, -0.25) is 9.59 Å². The fourth-order valence-corrected chi connectivity index (χ4v) is 2.16. The third kappa shape index (κ3) is 3.70. The molecule has 1 aliphatic carbocycles. The summed E-state index contributed by atoms with van der Waals surface area (Å²) in [6.07, 6.45) is 0.616. The van der Waals surface area contributed by atoms with Crippen LogP contribution in [0.4, 0.5) is 5.69 Å². The van der Waals surface area contributed by atoms with Crippen LogP contribution in [0.15, 0.2) is 24.3 Å². The number of carbonyl (C=O) groups excluding carboxylic acids is 2. The summed E-state index contributed by atoms with van der Waals surface area (Å²) in [5.41, 5.74) is 0.660. The van der Waals surface area contributed by atoms with Gasteiger partial charge >= 0.3 is 0 Å². The van der Waals surface area contributed by atoms with Crippen LogP contribution >= 0.6 is 11.6 Å². The monoisotopic (exact) mass is 280 g/mol. The third-order valence-electron chi connectivity index (χ3n) is 2.99. The molecule has 1 fully saturated rings. The minimum Gasteiger partial charge on any atom is -0.354 e. The van der Waals surface area contributed by atoms with Crippen molar-refractivity contribution < 1.29 is 9.59 Å². The van der Waals surface area contributed by atoms with Crippen LogP contribution in [0.1, 0.15) is 20.3 Å². The van der Waals surface area contributed by atoms with Crippen LogP contribution < -0.4 is 10.6 Å². The van der Waals surface area contributed by atoms with E-state index >= 15 is 0 Å². The van der Waals surface area contributed by atoms with Crippen molar-refractivity contribution in [3.63, 3.8) is 0 Å². The number of hydrogen-bond acceptors (Lipinski definition) is 2. The van der Waals surface area contributed by atoms with Gasteiger partial charge in [-0.1, -0.05) is 17.7 Å². The Balaban J connectivity index is 1.88. The zero-order valence-corrected chi connectivity index (χ0v) is 11.7. The minimum absolute atomic E-state index is 0.0405. The van der Waals surface area contributed by atoms with Gasteiger partial charge in [0.2, 0.25) is 11.8 Å². The van der Waals surface area contributed by atoms with E-state index in [-0.39, 0.29) is 29.7 Å². The van der Waals surface area contributed by atoms with Crippen molar-refractivity contribution in [3.05, 3.63) is 29.3 Å². The van der Waals surface area contributed by atoms with Gasteiger partial charge < -0.3 is 10.6 Å². The lowest BCUT2D eigenvalue weighted by Crippen LogP contribution is -2.32. The van der Waals surface area contributed by atoms with Crippen LogP contribution in [-0.4, -0.2) is 17.9 Å². The van der Waals surface area contributed by atoms with Crippen LogP contribution in [0, 0.1) is 11.8 Å². The van der Waals surface area contributed by atoms with E-state index < -0.39 is 0 Å². The average molecular weight is 281 g/mol. The minimum atomic E-state index is -0.224. The lowest BCUT2D eigenvalue weighted by molar-refractivity contribution is -0.125. The van der Waals surface area contributed by atoms with E-state index in [0.717, 1.165) is 0 Å². The number of amides is 2. The van der Waals surface area contributed by atoms with Crippen molar-refractivity contribution in [1.82, 2.24) is 5.32 Å². The molecule has 1 aromatic rings. The molecular formula is C14H17ClN2O2. The predicted molar refractivity (Wildman–Crippen MR) is 75.0 cm³/mol. The molecule has 102 valence electrons. The Bertz CT molecular complexity index is 502. The third-order valence-corrected chi connectivity index (χ3v) is 3.22. The molecule has 0 radical (unpaired) electrons. The highest BCUT2D eigenvalue weighted by Crippen LogP contribution is 2.39. The van der Waals surface area contributed by atoms with Crippen molar-refractivity contribution in [2.75, 3.05) is 5.32 Å². The Morgan fingerprint density at radius 3 is 2.58 bits per heavy atom. The van der Waals surface area contributed by atoms with Gasteiger partial charge in [-0.2, -0.15) is 0 Å². The SMILES string of the molecule is CC(C)NC(=O)C1CC1C(=O)Nc1cccc(Cl)c1. The second-order valence-electron chi connectivity index (χ2n) is 5.11. The molecule has 0 spiro atoms. The first-order valence-corrected chi connectivity index (χ1v) is 6.72. The zero-order valence-electron chi connectivity index (χ0n) is 10.9. The van der Waals surface area contributed by atoms with Gasteiger partial charge in [-0.25, -0.2) is 0 Å². The Morgan fingerprint density at radius 2 is 1.95 bits per heavy atom. The van der Waals surface area contributed by atoms with Gasteiger partial charge in [0, 0.05) is 16.8 Å². The summed E-state index contributed by atoms with van der Waals surface area (Å²) < 4.78 is 0. The number of benzene rings is 1. The van der Waals surface area contributed by atoms with Crippen LogP contribution in [0.25, 0.3) is 0 Å². The Labute approximate surface area is 117 Å². The van der Waals surface area contributed by atoms with Gasteiger partial charge in [0.1, 0.15) is 0 Å². The molecule has 2 amide bonds. The van der Waals surface area contributed by atoms with Gasteiger partial charge in [-0.15, -0.1) is 0 Å². The van der Waals surface area contributed by atoms with E-state index in [1.807, 2.05) is 13.8 Å². The van der Waals surface area contributed by atoms with Crippen LogP contribution in [0.5, 0.6) is 0 Å². The first kappa shape index (κ1) is 13.9. The number of anilines is 1. The molecule has 0 bridgehead atoms. The molecule has 4 nitrogen and oxygen atoms in total. The number of carbonyl (C=O) groups is 2. The fraction of sp³-hybridized carbons (Fsp3) is 0.429. The molecule has 2 unspecified atom stereocenters. The molecule has 1 aliphatic rings. The molecular weight excluding hydrogens is 264 g/mol. The lowest BCUT2D eigenvalue weighted by Gasteiger charge is -2.08. The molecule has 2 rings (SSSR count). The van der Waals surface area contributed by atoms with Crippen molar-refractivity contribution in [3.8, 4) is 0 Å². The summed E-state index contributed by atoms with van der Waals surface area (Å²) in [6, 6.07) is 7.08. The molecule has 2 N–H and O–H groups in total. The first-order valence-electron chi connectivity index (χ1n) is 6.34. The molecule has 0 aliphatic heterocycles. The summed E-state index contributed by atoms with van der Waals surface area (Å²) in [6.45, 7) is 3.81. The fourth-order valence-electron chi connectivity index (χ4n) is 1.97. The second-order valence-corrected chi connectivity index (χ2v) is 5.55. The Kier molecular flexibility index (Phi) is 4.10. The molecule has 5 heteroatoms. The zero-order chi connectivity index (χ0) is 14.0. The molecule has 0 heterocycles. The standard InChI is InChI=1S/C14H17ClN2O2/c1-8(2)16-13(18)11-7-12(11)14(19)17-10-5-3-4-9(15)6-10/h3-6,8,11-12H,7H2,1-2H3,(H,16,18)(H,17,19). The van der Waals surface area contributed by atoms with E-state index in [1.54, 1.807) is 24.3 Å². The summed E-state index contributed by atoms with van der Waals surface area (Å²) in [4.78, 5) is 23.7. The lowest BCUT2D eigenvalue weighted by atomic mass is 10.2.